The van der Waals surface area contributed by atoms with E-state index >= 15 is 0 Å². The van der Waals surface area contributed by atoms with E-state index in [4.69, 9.17) is 4.74 Å². The van der Waals surface area contributed by atoms with Crippen LogP contribution in [-0.4, -0.2) is 24.5 Å². The Bertz CT molecular complexity index is 1090. The summed E-state index contributed by atoms with van der Waals surface area (Å²) in [7, 11) is 0. The van der Waals surface area contributed by atoms with Crippen LogP contribution in [0.1, 0.15) is 17.0 Å². The summed E-state index contributed by atoms with van der Waals surface area (Å²) in [6, 6.07) is 18.3. The Morgan fingerprint density at radius 1 is 1.00 bits per heavy atom. The number of para-hydroxylation sites is 1. The van der Waals surface area contributed by atoms with Gasteiger partial charge in [0.15, 0.2) is 0 Å². The van der Waals surface area contributed by atoms with Crippen LogP contribution >= 0.6 is 0 Å². The van der Waals surface area contributed by atoms with Gasteiger partial charge in [-0.3, -0.25) is 4.79 Å². The van der Waals surface area contributed by atoms with Crippen molar-refractivity contribution in [2.45, 2.75) is 18.6 Å². The lowest BCUT2D eigenvalue weighted by atomic mass is 9.93. The number of halogens is 2. The van der Waals surface area contributed by atoms with Crippen molar-refractivity contribution in [3.05, 3.63) is 95.6 Å². The predicted molar refractivity (Wildman–Crippen MR) is 115 cm³/mol. The van der Waals surface area contributed by atoms with E-state index < -0.39 is 35.5 Å². The second-order valence-electron chi connectivity index (χ2n) is 7.37. The molecular formula is C24H21F2N3O3. The van der Waals surface area contributed by atoms with E-state index in [0.29, 0.717) is 5.69 Å². The van der Waals surface area contributed by atoms with Crippen molar-refractivity contribution in [2.75, 3.05) is 11.9 Å². The third kappa shape index (κ3) is 4.85. The van der Waals surface area contributed by atoms with Gasteiger partial charge in [0, 0.05) is 35.8 Å². The molecule has 6 nitrogen and oxygen atoms in total. The fraction of sp³-hybridized carbons (Fsp3) is 0.167. The monoisotopic (exact) mass is 437 g/mol. The smallest absolute Gasteiger partial charge is 0.319 e. The first-order chi connectivity index (χ1) is 15.5. The number of carbonyl (C=O) groups is 2. The number of amides is 3. The fourth-order valence-electron chi connectivity index (χ4n) is 3.63. The van der Waals surface area contributed by atoms with Crippen LogP contribution in [-0.2, 0) is 11.4 Å². The van der Waals surface area contributed by atoms with E-state index in [-0.39, 0.29) is 24.5 Å². The Morgan fingerprint density at radius 3 is 2.28 bits per heavy atom. The van der Waals surface area contributed by atoms with E-state index in [9.17, 15) is 18.4 Å². The SMILES string of the molecule is O=C(Nc1ccccc1)N[C@@H]1C(=O)NC[C@H]1c1c(F)cc(OCc2ccccc2)cc1F. The molecule has 32 heavy (non-hydrogen) atoms. The van der Waals surface area contributed by atoms with E-state index in [2.05, 4.69) is 16.0 Å². The number of rotatable bonds is 6. The summed E-state index contributed by atoms with van der Waals surface area (Å²) >= 11 is 0. The van der Waals surface area contributed by atoms with Gasteiger partial charge >= 0.3 is 6.03 Å². The summed E-state index contributed by atoms with van der Waals surface area (Å²) in [5, 5.41) is 7.67. The third-order valence-electron chi connectivity index (χ3n) is 5.17. The van der Waals surface area contributed by atoms with Gasteiger partial charge in [-0.05, 0) is 17.7 Å². The van der Waals surface area contributed by atoms with Gasteiger partial charge in [-0.1, -0.05) is 48.5 Å². The molecule has 0 spiro atoms. The molecule has 0 saturated carbocycles. The van der Waals surface area contributed by atoms with Gasteiger partial charge in [0.25, 0.3) is 0 Å². The quantitative estimate of drug-likeness (QED) is 0.547. The van der Waals surface area contributed by atoms with Crippen molar-refractivity contribution in [3.8, 4) is 5.75 Å². The molecule has 1 heterocycles. The molecule has 3 amide bonds. The Hall–Kier alpha value is -3.94. The molecule has 2 atom stereocenters. The van der Waals surface area contributed by atoms with E-state index in [0.717, 1.165) is 17.7 Å². The molecule has 164 valence electrons. The average Bonchev–Trinajstić information content (AvgIpc) is 3.13. The van der Waals surface area contributed by atoms with Gasteiger partial charge in [0.1, 0.15) is 30.0 Å². The summed E-state index contributed by atoms with van der Waals surface area (Å²) in [5.74, 6) is -3.07. The van der Waals surface area contributed by atoms with Crippen molar-refractivity contribution >= 4 is 17.6 Å². The van der Waals surface area contributed by atoms with Gasteiger partial charge in [0.2, 0.25) is 5.91 Å². The van der Waals surface area contributed by atoms with E-state index in [1.165, 1.54) is 0 Å². The van der Waals surface area contributed by atoms with E-state index in [1.54, 1.807) is 30.3 Å². The highest BCUT2D eigenvalue weighted by Gasteiger charge is 2.40. The lowest BCUT2D eigenvalue weighted by Gasteiger charge is -2.20. The molecule has 3 aromatic rings. The number of hydrogen-bond acceptors (Lipinski definition) is 3. The topological polar surface area (TPSA) is 79.5 Å². The van der Waals surface area contributed by atoms with Gasteiger partial charge in [-0.2, -0.15) is 0 Å². The van der Waals surface area contributed by atoms with Crippen LogP contribution in [0, 0.1) is 11.6 Å². The highest BCUT2D eigenvalue weighted by atomic mass is 19.1. The number of nitrogens with one attached hydrogen (secondary N) is 3. The zero-order valence-corrected chi connectivity index (χ0v) is 17.0. The van der Waals surface area contributed by atoms with Crippen LogP contribution in [0.15, 0.2) is 72.8 Å². The minimum atomic E-state index is -1.13. The predicted octanol–water partition coefficient (Wildman–Crippen LogP) is 3.95. The minimum Gasteiger partial charge on any atom is -0.489 e. The largest absolute Gasteiger partial charge is 0.489 e. The lowest BCUT2D eigenvalue weighted by Crippen LogP contribution is -2.45. The van der Waals surface area contributed by atoms with Crippen LogP contribution < -0.4 is 20.7 Å². The van der Waals surface area contributed by atoms with Crippen LogP contribution in [0.4, 0.5) is 19.3 Å². The highest BCUT2D eigenvalue weighted by Crippen LogP contribution is 2.31. The zero-order valence-electron chi connectivity index (χ0n) is 17.0. The second-order valence-corrected chi connectivity index (χ2v) is 7.37. The van der Waals surface area contributed by atoms with Gasteiger partial charge in [-0.25, -0.2) is 13.6 Å². The molecule has 0 aromatic heterocycles. The van der Waals surface area contributed by atoms with Crippen LogP contribution in [0.25, 0.3) is 0 Å². The summed E-state index contributed by atoms with van der Waals surface area (Å²) in [6.45, 7) is 0.152. The third-order valence-corrected chi connectivity index (χ3v) is 5.17. The van der Waals surface area contributed by atoms with Gasteiger partial charge in [0.05, 0.1) is 0 Å². The molecular weight excluding hydrogens is 416 g/mol. The Kier molecular flexibility index (Phi) is 6.30. The molecule has 3 N–H and O–H groups in total. The first-order valence-corrected chi connectivity index (χ1v) is 10.1. The Balaban J connectivity index is 1.48. The summed E-state index contributed by atoms with van der Waals surface area (Å²) in [4.78, 5) is 24.6. The van der Waals surface area contributed by atoms with Crippen molar-refractivity contribution < 1.29 is 23.1 Å². The Morgan fingerprint density at radius 2 is 1.62 bits per heavy atom. The summed E-state index contributed by atoms with van der Waals surface area (Å²) < 4.78 is 35.3. The van der Waals surface area contributed by atoms with Gasteiger partial charge in [-0.15, -0.1) is 0 Å². The fourth-order valence-corrected chi connectivity index (χ4v) is 3.63. The van der Waals surface area contributed by atoms with Crippen molar-refractivity contribution in [1.29, 1.82) is 0 Å². The molecule has 0 unspecified atom stereocenters. The first-order valence-electron chi connectivity index (χ1n) is 10.1. The van der Waals surface area contributed by atoms with E-state index in [1.807, 2.05) is 30.3 Å². The number of urea groups is 1. The number of anilines is 1. The molecule has 4 rings (SSSR count). The second kappa shape index (κ2) is 9.47. The number of carbonyl (C=O) groups excluding carboxylic acids is 2. The standard InChI is InChI=1S/C24H21F2N3O3/c25-19-11-17(32-14-15-7-3-1-4-8-15)12-20(26)21(19)18-13-27-23(30)22(18)29-24(31)28-16-9-5-2-6-10-16/h1-12,18,22H,13-14H2,(H,27,30)(H2,28,29,31)/t18-,22-/m0/s1. The molecule has 1 aliphatic heterocycles. The molecule has 0 aliphatic carbocycles. The molecule has 1 aliphatic rings. The molecule has 1 saturated heterocycles. The molecule has 8 heteroatoms. The van der Waals surface area contributed by atoms with Crippen LogP contribution in [0.2, 0.25) is 0 Å². The number of benzene rings is 3. The molecule has 0 radical (unpaired) electrons. The van der Waals surface area contributed by atoms with Crippen LogP contribution in [0.5, 0.6) is 5.75 Å². The minimum absolute atomic E-state index is 0.00677. The maximum atomic E-state index is 14.9. The first kappa shape index (κ1) is 21.3. The van der Waals surface area contributed by atoms with Crippen molar-refractivity contribution in [3.63, 3.8) is 0 Å². The maximum Gasteiger partial charge on any atom is 0.319 e. The number of ether oxygens (including phenoxy) is 1. The molecule has 1 fully saturated rings. The molecule has 0 bridgehead atoms. The summed E-state index contributed by atoms with van der Waals surface area (Å²) in [5.41, 5.74) is 1.11. The lowest BCUT2D eigenvalue weighted by molar-refractivity contribution is -0.120. The van der Waals surface area contributed by atoms with Gasteiger partial charge < -0.3 is 20.7 Å². The number of hydrogen-bond donors (Lipinski definition) is 3. The normalized spacial score (nSPS) is 17.5. The molecule has 3 aromatic carbocycles. The van der Waals surface area contributed by atoms with Crippen molar-refractivity contribution in [1.82, 2.24) is 10.6 Å². The highest BCUT2D eigenvalue weighted by molar-refractivity contribution is 5.95. The zero-order chi connectivity index (χ0) is 22.5. The average molecular weight is 437 g/mol. The van der Waals surface area contributed by atoms with Crippen molar-refractivity contribution in [2.24, 2.45) is 0 Å². The van der Waals surface area contributed by atoms with Crippen LogP contribution in [0.3, 0.4) is 0 Å². The Labute approximate surface area is 183 Å². The maximum absolute atomic E-state index is 14.9. The summed E-state index contributed by atoms with van der Waals surface area (Å²) in [6.07, 6.45) is 0.